The predicted octanol–water partition coefficient (Wildman–Crippen LogP) is -1.13. The number of ether oxygens (including phenoxy) is 1. The summed E-state index contributed by atoms with van der Waals surface area (Å²) in [5, 5.41) is 21.8. The number of aromatic nitrogens is 3. The van der Waals surface area contributed by atoms with Crippen molar-refractivity contribution >= 4 is 0 Å². The van der Waals surface area contributed by atoms with E-state index < -0.39 is 31.2 Å². The zero-order chi connectivity index (χ0) is 10.1. The summed E-state index contributed by atoms with van der Waals surface area (Å²) >= 11 is 0. The topological polar surface area (TPSA) is 80.4 Å². The number of aliphatic hydroxyl groups excluding tert-OH is 2. The maximum absolute atomic E-state index is 13.4. The third kappa shape index (κ3) is 1.39. The Morgan fingerprint density at radius 2 is 2.36 bits per heavy atom. The second-order valence-electron chi connectivity index (χ2n) is 3.06. The number of hydrogen-bond acceptors (Lipinski definition) is 5. The van der Waals surface area contributed by atoms with E-state index in [-0.39, 0.29) is 0 Å². The lowest BCUT2D eigenvalue weighted by Gasteiger charge is -2.11. The fourth-order valence-corrected chi connectivity index (χ4v) is 1.42. The Bertz CT molecular complexity index is 294. The number of hydrogen-bond donors (Lipinski definition) is 2. The smallest absolute Gasteiger partial charge is 0.186 e. The Hall–Kier alpha value is -1.05. The third-order valence-corrected chi connectivity index (χ3v) is 2.17. The molecule has 0 aliphatic carbocycles. The molecular weight excluding hydrogens is 193 g/mol. The number of rotatable bonds is 2. The lowest BCUT2D eigenvalue weighted by Crippen LogP contribution is -2.30. The lowest BCUT2D eigenvalue weighted by atomic mass is 10.1. The average Bonchev–Trinajstić information content (AvgIpc) is 2.78. The maximum Gasteiger partial charge on any atom is 0.186 e. The van der Waals surface area contributed by atoms with Gasteiger partial charge in [-0.3, -0.25) is 0 Å². The van der Waals surface area contributed by atoms with Gasteiger partial charge in [-0.05, 0) is 0 Å². The Kier molecular flexibility index (Phi) is 2.44. The standard InChI is InChI=1S/C7H10FN3O3/c8-5-6(13)4(1-12)14-7(5)11-3-9-2-10-11/h2-7,12-13H,1H2/t4-,5+,6-,7-/m1/s1. The normalized spacial score (nSPS) is 37.6. The molecule has 1 aromatic heterocycles. The van der Waals surface area contributed by atoms with Crippen molar-refractivity contribution in [3.63, 3.8) is 0 Å². The van der Waals surface area contributed by atoms with E-state index in [1.165, 1.54) is 17.3 Å². The van der Waals surface area contributed by atoms with Crippen LogP contribution in [0.2, 0.25) is 0 Å². The quantitative estimate of drug-likeness (QED) is 0.635. The summed E-state index contributed by atoms with van der Waals surface area (Å²) in [7, 11) is 0. The molecule has 0 amide bonds. The van der Waals surface area contributed by atoms with Crippen LogP contribution in [0.4, 0.5) is 4.39 Å². The summed E-state index contributed by atoms with van der Waals surface area (Å²) in [5.74, 6) is 0. The van der Waals surface area contributed by atoms with E-state index in [0.29, 0.717) is 0 Å². The molecule has 0 aromatic carbocycles. The first-order valence-corrected chi connectivity index (χ1v) is 4.16. The second kappa shape index (κ2) is 3.60. The van der Waals surface area contributed by atoms with Gasteiger partial charge in [0.1, 0.15) is 24.9 Å². The fourth-order valence-electron chi connectivity index (χ4n) is 1.42. The number of aliphatic hydroxyl groups is 2. The van der Waals surface area contributed by atoms with Crippen molar-refractivity contribution < 1.29 is 19.3 Å². The highest BCUT2D eigenvalue weighted by molar-refractivity contribution is 4.88. The molecule has 1 fully saturated rings. The number of nitrogens with zero attached hydrogens (tertiary/aromatic N) is 3. The van der Waals surface area contributed by atoms with Gasteiger partial charge in [-0.2, -0.15) is 5.10 Å². The van der Waals surface area contributed by atoms with Crippen LogP contribution in [0.25, 0.3) is 0 Å². The first-order chi connectivity index (χ1) is 6.74. The first-order valence-electron chi connectivity index (χ1n) is 4.16. The van der Waals surface area contributed by atoms with Crippen molar-refractivity contribution in [2.75, 3.05) is 6.61 Å². The maximum atomic E-state index is 13.4. The van der Waals surface area contributed by atoms with E-state index in [1.807, 2.05) is 0 Å². The van der Waals surface area contributed by atoms with Crippen LogP contribution in [0.3, 0.4) is 0 Å². The predicted molar refractivity (Wildman–Crippen MR) is 41.9 cm³/mol. The molecule has 0 bridgehead atoms. The minimum absolute atomic E-state index is 0.424. The van der Waals surface area contributed by atoms with E-state index in [2.05, 4.69) is 10.1 Å². The number of alkyl halides is 1. The summed E-state index contributed by atoms with van der Waals surface area (Å²) in [6, 6.07) is 0. The summed E-state index contributed by atoms with van der Waals surface area (Å²) < 4.78 is 19.6. The molecular formula is C7H10FN3O3. The third-order valence-electron chi connectivity index (χ3n) is 2.17. The van der Waals surface area contributed by atoms with Crippen molar-refractivity contribution in [1.82, 2.24) is 14.8 Å². The average molecular weight is 203 g/mol. The van der Waals surface area contributed by atoms with Gasteiger partial charge in [0.25, 0.3) is 0 Å². The van der Waals surface area contributed by atoms with Crippen molar-refractivity contribution in [2.24, 2.45) is 0 Å². The summed E-state index contributed by atoms with van der Waals surface area (Å²) in [6.07, 6.45) is -2.30. The Balaban J connectivity index is 2.16. The minimum Gasteiger partial charge on any atom is -0.394 e. The van der Waals surface area contributed by atoms with E-state index in [4.69, 9.17) is 9.84 Å². The van der Waals surface area contributed by atoms with Gasteiger partial charge >= 0.3 is 0 Å². The SMILES string of the molecule is OC[C@H]1O[C@@H](n2cncn2)[C@@H](F)[C@@H]1O. The highest BCUT2D eigenvalue weighted by atomic mass is 19.1. The van der Waals surface area contributed by atoms with Crippen LogP contribution in [0.1, 0.15) is 6.23 Å². The van der Waals surface area contributed by atoms with Gasteiger partial charge in [-0.15, -0.1) is 0 Å². The molecule has 6 nitrogen and oxygen atoms in total. The molecule has 4 atom stereocenters. The zero-order valence-electron chi connectivity index (χ0n) is 7.19. The van der Waals surface area contributed by atoms with Gasteiger partial charge in [-0.1, -0.05) is 0 Å². The molecule has 2 heterocycles. The van der Waals surface area contributed by atoms with Gasteiger partial charge in [0.15, 0.2) is 12.4 Å². The highest BCUT2D eigenvalue weighted by Crippen LogP contribution is 2.30. The second-order valence-corrected chi connectivity index (χ2v) is 3.06. The van der Waals surface area contributed by atoms with Gasteiger partial charge in [0, 0.05) is 0 Å². The molecule has 0 spiro atoms. The van der Waals surface area contributed by atoms with Gasteiger partial charge in [0.05, 0.1) is 6.61 Å². The van der Waals surface area contributed by atoms with Crippen LogP contribution < -0.4 is 0 Å². The van der Waals surface area contributed by atoms with Crippen LogP contribution in [0.15, 0.2) is 12.7 Å². The van der Waals surface area contributed by atoms with Crippen LogP contribution in [-0.2, 0) is 4.74 Å². The molecule has 14 heavy (non-hydrogen) atoms. The molecule has 1 saturated heterocycles. The largest absolute Gasteiger partial charge is 0.394 e. The zero-order valence-corrected chi connectivity index (χ0v) is 7.19. The monoisotopic (exact) mass is 203 g/mol. The first kappa shape index (κ1) is 9.50. The minimum atomic E-state index is -1.60. The lowest BCUT2D eigenvalue weighted by molar-refractivity contribution is -0.0522. The number of halogens is 1. The van der Waals surface area contributed by atoms with Gasteiger partial charge in [-0.25, -0.2) is 14.1 Å². The molecule has 0 radical (unpaired) electrons. The summed E-state index contributed by atoms with van der Waals surface area (Å²) in [4.78, 5) is 3.64. The molecule has 1 aromatic rings. The van der Waals surface area contributed by atoms with E-state index >= 15 is 0 Å². The van der Waals surface area contributed by atoms with E-state index in [1.54, 1.807) is 0 Å². The molecule has 0 unspecified atom stereocenters. The van der Waals surface area contributed by atoms with Crippen LogP contribution in [-0.4, -0.2) is 50.0 Å². The Morgan fingerprint density at radius 3 is 2.86 bits per heavy atom. The Labute approximate surface area is 78.9 Å². The van der Waals surface area contributed by atoms with Crippen molar-refractivity contribution in [1.29, 1.82) is 0 Å². The van der Waals surface area contributed by atoms with E-state index in [0.717, 1.165) is 0 Å². The van der Waals surface area contributed by atoms with Crippen LogP contribution in [0.5, 0.6) is 0 Å². The molecule has 2 N–H and O–H groups in total. The molecule has 78 valence electrons. The highest BCUT2D eigenvalue weighted by Gasteiger charge is 2.45. The summed E-state index contributed by atoms with van der Waals surface area (Å²) in [6.45, 7) is -0.424. The molecule has 1 aliphatic heterocycles. The fraction of sp³-hybridized carbons (Fsp3) is 0.714. The van der Waals surface area contributed by atoms with E-state index in [9.17, 15) is 9.50 Å². The summed E-state index contributed by atoms with van der Waals surface area (Å²) in [5.41, 5.74) is 0. The molecule has 0 saturated carbocycles. The molecule has 1 aliphatic rings. The molecule has 7 heteroatoms. The van der Waals surface area contributed by atoms with Crippen molar-refractivity contribution in [3.05, 3.63) is 12.7 Å². The van der Waals surface area contributed by atoms with Crippen LogP contribution >= 0.6 is 0 Å². The molecule has 2 rings (SSSR count). The Morgan fingerprint density at radius 1 is 1.57 bits per heavy atom. The van der Waals surface area contributed by atoms with Crippen molar-refractivity contribution in [2.45, 2.75) is 24.6 Å². The van der Waals surface area contributed by atoms with Gasteiger partial charge < -0.3 is 14.9 Å². The van der Waals surface area contributed by atoms with Crippen LogP contribution in [0, 0.1) is 0 Å². The van der Waals surface area contributed by atoms with Gasteiger partial charge in [0.2, 0.25) is 0 Å². The van der Waals surface area contributed by atoms with Crippen molar-refractivity contribution in [3.8, 4) is 0 Å².